The molecule has 0 amide bonds. The Bertz CT molecular complexity index is 452. The Morgan fingerprint density at radius 1 is 1.28 bits per heavy atom. The summed E-state index contributed by atoms with van der Waals surface area (Å²) in [6.07, 6.45) is 4.71. The molecular weight excluding hydrogens is 228 g/mol. The molecule has 0 aliphatic heterocycles. The van der Waals surface area contributed by atoms with Gasteiger partial charge in [-0.2, -0.15) is 0 Å². The van der Waals surface area contributed by atoms with Crippen molar-refractivity contribution in [3.05, 3.63) is 22.8 Å². The van der Waals surface area contributed by atoms with E-state index < -0.39 is 0 Å². The highest BCUT2D eigenvalue weighted by atomic mass is 16.5. The number of carbonyl (C=O) groups is 1. The number of rotatable bonds is 5. The first kappa shape index (κ1) is 12.9. The van der Waals surface area contributed by atoms with Gasteiger partial charge in [-0.05, 0) is 31.2 Å². The molecule has 3 heteroatoms. The van der Waals surface area contributed by atoms with Crippen molar-refractivity contribution in [2.75, 3.05) is 14.2 Å². The van der Waals surface area contributed by atoms with Crippen LogP contribution in [0, 0.1) is 0 Å². The van der Waals surface area contributed by atoms with Crippen molar-refractivity contribution in [1.29, 1.82) is 0 Å². The molecule has 0 saturated heterocycles. The van der Waals surface area contributed by atoms with Crippen molar-refractivity contribution in [3.63, 3.8) is 0 Å². The topological polar surface area (TPSA) is 35.5 Å². The lowest BCUT2D eigenvalue weighted by Gasteiger charge is -2.19. The Morgan fingerprint density at radius 3 is 2.61 bits per heavy atom. The molecule has 1 aliphatic carbocycles. The summed E-state index contributed by atoms with van der Waals surface area (Å²) in [6, 6.07) is 2.04. The van der Waals surface area contributed by atoms with Crippen LogP contribution in [0.4, 0.5) is 0 Å². The largest absolute Gasteiger partial charge is 0.496 e. The van der Waals surface area contributed by atoms with E-state index >= 15 is 0 Å². The quantitative estimate of drug-likeness (QED) is 0.752. The third-order valence-electron chi connectivity index (χ3n) is 3.74. The summed E-state index contributed by atoms with van der Waals surface area (Å²) in [5, 5.41) is 0. The maximum atomic E-state index is 10.7. The van der Waals surface area contributed by atoms with Gasteiger partial charge in [-0.15, -0.1) is 0 Å². The fraction of sp³-hybridized carbons (Fsp3) is 0.533. The average Bonchev–Trinajstić information content (AvgIpc) is 2.86. The zero-order valence-electron chi connectivity index (χ0n) is 11.3. The summed E-state index contributed by atoms with van der Waals surface area (Å²) in [4.78, 5) is 10.7. The second-order valence-corrected chi connectivity index (χ2v) is 4.82. The molecule has 0 saturated carbocycles. The molecule has 2 rings (SSSR count). The fourth-order valence-corrected chi connectivity index (χ4v) is 2.79. The smallest absolute Gasteiger partial charge is 0.126 e. The van der Waals surface area contributed by atoms with E-state index in [1.165, 1.54) is 11.1 Å². The molecule has 1 unspecified atom stereocenters. The lowest BCUT2D eigenvalue weighted by Crippen LogP contribution is -2.04. The number of fused-ring (bicyclic) bond motifs is 1. The number of aldehydes is 1. The third kappa shape index (κ3) is 2.09. The molecule has 0 bridgehead atoms. The van der Waals surface area contributed by atoms with Crippen molar-refractivity contribution < 1.29 is 14.3 Å². The molecule has 0 aromatic heterocycles. The van der Waals surface area contributed by atoms with Gasteiger partial charge in [0.15, 0.2) is 0 Å². The fourth-order valence-electron chi connectivity index (χ4n) is 2.79. The number of methoxy groups -OCH3 is 2. The molecule has 0 fully saturated rings. The second kappa shape index (κ2) is 5.42. The summed E-state index contributed by atoms with van der Waals surface area (Å²) < 4.78 is 11.1. The molecule has 1 atom stereocenters. The van der Waals surface area contributed by atoms with Gasteiger partial charge >= 0.3 is 0 Å². The first-order valence-corrected chi connectivity index (χ1v) is 6.43. The Labute approximate surface area is 108 Å². The van der Waals surface area contributed by atoms with Crippen LogP contribution in [0.25, 0.3) is 0 Å². The average molecular weight is 248 g/mol. The van der Waals surface area contributed by atoms with Crippen LogP contribution in [0.5, 0.6) is 11.5 Å². The molecule has 3 nitrogen and oxygen atoms in total. The molecule has 18 heavy (non-hydrogen) atoms. The highest BCUT2D eigenvalue weighted by molar-refractivity contribution is 5.59. The van der Waals surface area contributed by atoms with Crippen LogP contribution in [0.15, 0.2) is 6.07 Å². The first-order chi connectivity index (χ1) is 8.72. The van der Waals surface area contributed by atoms with Crippen LogP contribution in [-0.2, 0) is 17.6 Å². The number of hydrogen-bond donors (Lipinski definition) is 0. The molecule has 1 aliphatic rings. The van der Waals surface area contributed by atoms with Crippen LogP contribution in [0.2, 0.25) is 0 Å². The van der Waals surface area contributed by atoms with Gasteiger partial charge < -0.3 is 14.3 Å². The molecule has 0 radical (unpaired) electrons. The number of benzene rings is 1. The number of hydrogen-bond acceptors (Lipinski definition) is 3. The van der Waals surface area contributed by atoms with Gasteiger partial charge in [-0.3, -0.25) is 0 Å². The Hall–Kier alpha value is -1.51. The zero-order valence-corrected chi connectivity index (χ0v) is 11.3. The maximum absolute atomic E-state index is 10.7. The van der Waals surface area contributed by atoms with E-state index in [-0.39, 0.29) is 5.92 Å². The van der Waals surface area contributed by atoms with Crippen LogP contribution in [0.3, 0.4) is 0 Å². The van der Waals surface area contributed by atoms with E-state index in [1.54, 1.807) is 14.2 Å². The number of ether oxygens (including phenoxy) is 2. The van der Waals surface area contributed by atoms with Gasteiger partial charge in [0.1, 0.15) is 17.8 Å². The standard InChI is InChI=1S/C15H20O3/c1-10(7-8-16)13-9-14(17-2)11-5-4-6-12(11)15(13)18-3/h8-10H,4-7H2,1-3H3. The summed E-state index contributed by atoms with van der Waals surface area (Å²) in [5.41, 5.74) is 3.63. The molecular formula is C15H20O3. The summed E-state index contributed by atoms with van der Waals surface area (Å²) in [7, 11) is 3.41. The first-order valence-electron chi connectivity index (χ1n) is 6.43. The zero-order chi connectivity index (χ0) is 13.1. The van der Waals surface area contributed by atoms with Crippen LogP contribution >= 0.6 is 0 Å². The normalized spacial score (nSPS) is 15.1. The van der Waals surface area contributed by atoms with E-state index in [4.69, 9.17) is 9.47 Å². The minimum atomic E-state index is 0.164. The van der Waals surface area contributed by atoms with Gasteiger partial charge in [0, 0.05) is 23.1 Å². The van der Waals surface area contributed by atoms with E-state index in [1.807, 2.05) is 13.0 Å². The van der Waals surface area contributed by atoms with Crippen LogP contribution < -0.4 is 9.47 Å². The van der Waals surface area contributed by atoms with E-state index in [0.29, 0.717) is 6.42 Å². The van der Waals surface area contributed by atoms with Gasteiger partial charge in [0.05, 0.1) is 14.2 Å². The molecule has 0 heterocycles. The van der Waals surface area contributed by atoms with Crippen LogP contribution in [-0.4, -0.2) is 20.5 Å². The van der Waals surface area contributed by atoms with E-state index in [0.717, 1.165) is 42.6 Å². The van der Waals surface area contributed by atoms with Crippen molar-refractivity contribution >= 4 is 6.29 Å². The van der Waals surface area contributed by atoms with Gasteiger partial charge in [0.25, 0.3) is 0 Å². The molecule has 98 valence electrons. The van der Waals surface area contributed by atoms with Crippen molar-refractivity contribution in [1.82, 2.24) is 0 Å². The lowest BCUT2D eigenvalue weighted by atomic mass is 9.93. The minimum Gasteiger partial charge on any atom is -0.496 e. The molecule has 0 spiro atoms. The van der Waals surface area contributed by atoms with E-state index in [9.17, 15) is 4.79 Å². The van der Waals surface area contributed by atoms with Crippen molar-refractivity contribution in [2.24, 2.45) is 0 Å². The summed E-state index contributed by atoms with van der Waals surface area (Å²) in [5.74, 6) is 2.06. The van der Waals surface area contributed by atoms with Crippen LogP contribution in [0.1, 0.15) is 42.4 Å². The summed E-state index contributed by atoms with van der Waals surface area (Å²) >= 11 is 0. The van der Waals surface area contributed by atoms with Crippen molar-refractivity contribution in [3.8, 4) is 11.5 Å². The number of carbonyl (C=O) groups excluding carboxylic acids is 1. The minimum absolute atomic E-state index is 0.164. The maximum Gasteiger partial charge on any atom is 0.126 e. The third-order valence-corrected chi connectivity index (χ3v) is 3.74. The monoisotopic (exact) mass is 248 g/mol. The van der Waals surface area contributed by atoms with Gasteiger partial charge in [0.2, 0.25) is 0 Å². The highest BCUT2D eigenvalue weighted by Gasteiger charge is 2.25. The second-order valence-electron chi connectivity index (χ2n) is 4.82. The molecule has 1 aromatic rings. The Morgan fingerprint density at radius 2 is 2.00 bits per heavy atom. The SMILES string of the molecule is COc1cc(C(C)CC=O)c(OC)c2c1CCC2. The summed E-state index contributed by atoms with van der Waals surface area (Å²) in [6.45, 7) is 2.05. The highest BCUT2D eigenvalue weighted by Crippen LogP contribution is 2.42. The lowest BCUT2D eigenvalue weighted by molar-refractivity contribution is -0.108. The predicted octanol–water partition coefficient (Wildman–Crippen LogP) is 2.89. The molecule has 0 N–H and O–H groups in total. The molecule has 1 aromatic carbocycles. The van der Waals surface area contributed by atoms with E-state index in [2.05, 4.69) is 0 Å². The van der Waals surface area contributed by atoms with Gasteiger partial charge in [-0.1, -0.05) is 6.92 Å². The van der Waals surface area contributed by atoms with Gasteiger partial charge in [-0.25, -0.2) is 0 Å². The predicted molar refractivity (Wildman–Crippen MR) is 70.7 cm³/mol. The Kier molecular flexibility index (Phi) is 3.90. The Balaban J connectivity index is 2.54. The van der Waals surface area contributed by atoms with Crippen molar-refractivity contribution in [2.45, 2.75) is 38.5 Å².